The van der Waals surface area contributed by atoms with Gasteiger partial charge in [-0.2, -0.15) is 23.2 Å². The Morgan fingerprint density at radius 3 is 2.31 bits per heavy atom. The molecule has 1 heterocycles. The van der Waals surface area contributed by atoms with Gasteiger partial charge in [-0.25, -0.2) is 21.6 Å². The second-order valence-electron chi connectivity index (χ2n) is 6.88. The number of anilines is 1. The highest BCUT2D eigenvalue weighted by Gasteiger charge is 2.65. The minimum atomic E-state index is -5.09. The molecule has 2 aromatic rings. The summed E-state index contributed by atoms with van der Waals surface area (Å²) >= 11 is 2.74. The van der Waals surface area contributed by atoms with E-state index >= 15 is 0 Å². The molecule has 0 aliphatic heterocycles. The fourth-order valence-corrected chi connectivity index (χ4v) is 5.50. The molecule has 7 nitrogen and oxygen atoms in total. The van der Waals surface area contributed by atoms with Crippen molar-refractivity contribution >= 4 is 37.5 Å². The number of nitriles is 1. The molecule has 1 aromatic heterocycles. The molecular formula is C17H11BrF6N4O3S. The van der Waals surface area contributed by atoms with Gasteiger partial charge in [0.2, 0.25) is 10.0 Å². The molecule has 0 bridgehead atoms. The molecule has 0 atom stereocenters. The van der Waals surface area contributed by atoms with Crippen molar-refractivity contribution in [3.63, 3.8) is 0 Å². The zero-order valence-electron chi connectivity index (χ0n) is 15.7. The predicted octanol–water partition coefficient (Wildman–Crippen LogP) is 3.70. The SMILES string of the molecule is Cn1c(Br)c(S(=O)(=O)NC2(C(F)(F)F)CC2)c(F)c1C(=O)Nc1ccc(F)c(C#N)c1F. The third kappa shape index (κ3) is 3.86. The zero-order chi connectivity index (χ0) is 24.2. The van der Waals surface area contributed by atoms with E-state index in [0.29, 0.717) is 10.6 Å². The van der Waals surface area contributed by atoms with Crippen LogP contribution in [0.3, 0.4) is 0 Å². The van der Waals surface area contributed by atoms with Crippen molar-refractivity contribution in [3.05, 3.63) is 45.4 Å². The summed E-state index contributed by atoms with van der Waals surface area (Å²) in [5.41, 5.74) is -5.44. The number of alkyl halides is 3. The highest BCUT2D eigenvalue weighted by atomic mass is 79.9. The van der Waals surface area contributed by atoms with Crippen LogP contribution in [0.15, 0.2) is 21.6 Å². The van der Waals surface area contributed by atoms with Crippen LogP contribution >= 0.6 is 15.9 Å². The van der Waals surface area contributed by atoms with E-state index in [0.717, 1.165) is 13.1 Å². The number of hydrogen-bond acceptors (Lipinski definition) is 4. The van der Waals surface area contributed by atoms with Crippen molar-refractivity contribution in [2.75, 3.05) is 5.32 Å². The molecule has 3 rings (SSSR count). The highest BCUT2D eigenvalue weighted by Crippen LogP contribution is 2.50. The summed E-state index contributed by atoms with van der Waals surface area (Å²) < 4.78 is 109. The van der Waals surface area contributed by atoms with Gasteiger partial charge >= 0.3 is 6.18 Å². The molecule has 0 saturated heterocycles. The first-order chi connectivity index (χ1) is 14.7. The standard InChI is InChI=1S/C17H11BrF6N4O3S/c1-28-12(15(29)26-9-3-2-8(19)7(6-25)10(9)20)11(21)13(14(28)18)32(30,31)27-16(4-5-16)17(22,23)24/h2-3,27H,4-5H2,1H3,(H,26,29). The first kappa shape index (κ1) is 24.1. The number of aromatic nitrogens is 1. The van der Waals surface area contributed by atoms with Gasteiger partial charge in [0.25, 0.3) is 5.91 Å². The Labute approximate surface area is 185 Å². The lowest BCUT2D eigenvalue weighted by Gasteiger charge is -2.20. The Balaban J connectivity index is 2.00. The second kappa shape index (κ2) is 7.78. The molecule has 15 heteroatoms. The number of hydrogen-bond donors (Lipinski definition) is 2. The van der Waals surface area contributed by atoms with E-state index in [2.05, 4.69) is 15.9 Å². The molecule has 1 saturated carbocycles. The summed E-state index contributed by atoms with van der Waals surface area (Å²) in [6.45, 7) is 0. The maximum atomic E-state index is 15.0. The summed E-state index contributed by atoms with van der Waals surface area (Å²) in [6, 6.07) is 2.66. The van der Waals surface area contributed by atoms with E-state index < -0.39 is 84.4 Å². The summed E-state index contributed by atoms with van der Waals surface area (Å²) in [7, 11) is -4.06. The van der Waals surface area contributed by atoms with Crippen LogP contribution in [0.25, 0.3) is 0 Å². The summed E-state index contributed by atoms with van der Waals surface area (Å²) in [5, 5.41) is 10.7. The Morgan fingerprint density at radius 2 is 1.81 bits per heavy atom. The van der Waals surface area contributed by atoms with Crippen molar-refractivity contribution < 1.29 is 39.6 Å². The Hall–Kier alpha value is -2.57. The first-order valence-corrected chi connectivity index (χ1v) is 10.8. The van der Waals surface area contributed by atoms with E-state index in [-0.39, 0.29) is 0 Å². The summed E-state index contributed by atoms with van der Waals surface area (Å²) in [6.07, 6.45) is -6.00. The van der Waals surface area contributed by atoms with E-state index in [4.69, 9.17) is 5.26 Å². The topological polar surface area (TPSA) is 104 Å². The highest BCUT2D eigenvalue weighted by molar-refractivity contribution is 9.10. The lowest BCUT2D eigenvalue weighted by Crippen LogP contribution is -2.47. The normalized spacial score (nSPS) is 15.3. The molecule has 0 unspecified atom stereocenters. The predicted molar refractivity (Wildman–Crippen MR) is 100 cm³/mol. The number of rotatable bonds is 5. The molecule has 2 N–H and O–H groups in total. The molecule has 0 radical (unpaired) electrons. The number of carbonyl (C=O) groups is 1. The third-order valence-electron chi connectivity index (χ3n) is 4.78. The van der Waals surface area contributed by atoms with Crippen LogP contribution in [0.5, 0.6) is 0 Å². The van der Waals surface area contributed by atoms with E-state index in [9.17, 15) is 39.6 Å². The zero-order valence-corrected chi connectivity index (χ0v) is 18.1. The van der Waals surface area contributed by atoms with Crippen molar-refractivity contribution in [2.45, 2.75) is 29.5 Å². The number of nitrogens with one attached hydrogen (secondary N) is 2. The molecule has 1 aliphatic rings. The number of benzene rings is 1. The van der Waals surface area contributed by atoms with Crippen LogP contribution < -0.4 is 10.0 Å². The van der Waals surface area contributed by atoms with Crippen LogP contribution in [0.2, 0.25) is 0 Å². The van der Waals surface area contributed by atoms with Crippen LogP contribution in [0.4, 0.5) is 32.0 Å². The van der Waals surface area contributed by atoms with Gasteiger partial charge in [0.05, 0.1) is 5.69 Å². The second-order valence-corrected chi connectivity index (χ2v) is 9.25. The molecule has 172 valence electrons. The molecule has 32 heavy (non-hydrogen) atoms. The van der Waals surface area contributed by atoms with Gasteiger partial charge < -0.3 is 9.88 Å². The number of halogens is 7. The molecular weight excluding hydrogens is 534 g/mol. The van der Waals surface area contributed by atoms with Gasteiger partial charge in [-0.15, -0.1) is 0 Å². The Morgan fingerprint density at radius 1 is 1.22 bits per heavy atom. The fraction of sp³-hybridized carbons (Fsp3) is 0.294. The van der Waals surface area contributed by atoms with Crippen LogP contribution in [0, 0.1) is 28.8 Å². The van der Waals surface area contributed by atoms with Crippen LogP contribution in [-0.4, -0.2) is 30.6 Å². The molecule has 1 fully saturated rings. The van der Waals surface area contributed by atoms with Crippen LogP contribution in [0.1, 0.15) is 28.9 Å². The minimum absolute atomic E-state index is 0.541. The van der Waals surface area contributed by atoms with E-state index in [1.165, 1.54) is 10.8 Å². The lowest BCUT2D eigenvalue weighted by molar-refractivity contribution is -0.160. The van der Waals surface area contributed by atoms with E-state index in [1.54, 1.807) is 0 Å². The Bertz CT molecular complexity index is 1280. The summed E-state index contributed by atoms with van der Waals surface area (Å²) in [5.74, 6) is -5.78. The van der Waals surface area contributed by atoms with Crippen molar-refractivity contribution in [3.8, 4) is 6.07 Å². The number of nitrogens with zero attached hydrogens (tertiary/aromatic N) is 2. The number of amides is 1. The maximum Gasteiger partial charge on any atom is 0.407 e. The average molecular weight is 545 g/mol. The minimum Gasteiger partial charge on any atom is -0.331 e. The van der Waals surface area contributed by atoms with Gasteiger partial charge in [0.1, 0.15) is 33.3 Å². The summed E-state index contributed by atoms with van der Waals surface area (Å²) in [4.78, 5) is 11.3. The lowest BCUT2D eigenvalue weighted by atomic mass is 10.2. The van der Waals surface area contributed by atoms with Crippen LogP contribution in [-0.2, 0) is 17.1 Å². The quantitative estimate of drug-likeness (QED) is 0.560. The molecule has 1 aromatic carbocycles. The number of sulfonamides is 1. The smallest absolute Gasteiger partial charge is 0.331 e. The maximum absolute atomic E-state index is 15.0. The number of carbonyl (C=O) groups excluding carboxylic acids is 1. The molecule has 1 amide bonds. The van der Waals surface area contributed by atoms with Crippen molar-refractivity contribution in [1.82, 2.24) is 9.29 Å². The van der Waals surface area contributed by atoms with Gasteiger partial charge in [-0.05, 0) is 40.9 Å². The van der Waals surface area contributed by atoms with Gasteiger partial charge in [0.15, 0.2) is 16.5 Å². The third-order valence-corrected chi connectivity index (χ3v) is 7.54. The molecule has 1 aliphatic carbocycles. The van der Waals surface area contributed by atoms with Gasteiger partial charge in [-0.1, -0.05) is 0 Å². The Kier molecular flexibility index (Phi) is 5.86. The largest absolute Gasteiger partial charge is 0.407 e. The van der Waals surface area contributed by atoms with Gasteiger partial charge in [-0.3, -0.25) is 4.79 Å². The molecule has 0 spiro atoms. The first-order valence-electron chi connectivity index (χ1n) is 8.50. The monoisotopic (exact) mass is 544 g/mol. The average Bonchev–Trinajstić information content (AvgIpc) is 3.39. The fourth-order valence-electron chi connectivity index (χ4n) is 2.89. The van der Waals surface area contributed by atoms with Gasteiger partial charge in [0, 0.05) is 7.05 Å². The van der Waals surface area contributed by atoms with E-state index in [1.807, 2.05) is 5.32 Å². The van der Waals surface area contributed by atoms with Crippen molar-refractivity contribution in [2.24, 2.45) is 7.05 Å². The van der Waals surface area contributed by atoms with Crippen molar-refractivity contribution in [1.29, 1.82) is 5.26 Å².